The van der Waals surface area contributed by atoms with Gasteiger partial charge in [-0.1, -0.05) is 13.8 Å². The summed E-state index contributed by atoms with van der Waals surface area (Å²) in [7, 11) is 0. The molecule has 1 aromatic rings. The minimum absolute atomic E-state index is 0.151. The van der Waals surface area contributed by atoms with Crippen LogP contribution in [0.2, 0.25) is 0 Å². The van der Waals surface area contributed by atoms with Crippen LogP contribution >= 0.6 is 11.8 Å². The summed E-state index contributed by atoms with van der Waals surface area (Å²) in [5.74, 6) is -5.01. The van der Waals surface area contributed by atoms with Crippen molar-refractivity contribution in [2.24, 2.45) is 11.7 Å². The summed E-state index contributed by atoms with van der Waals surface area (Å²) in [5.41, 5.74) is 6.55. The molecule has 8 N–H and O–H groups in total. The zero-order chi connectivity index (χ0) is 25.8. The third kappa shape index (κ3) is 9.79. The molecule has 0 spiro atoms. The van der Waals surface area contributed by atoms with E-state index >= 15 is 0 Å². The van der Waals surface area contributed by atoms with Gasteiger partial charge in [0.1, 0.15) is 18.1 Å². The first-order valence-electron chi connectivity index (χ1n) is 10.5. The van der Waals surface area contributed by atoms with Crippen molar-refractivity contribution in [1.82, 2.24) is 25.9 Å². The topological polar surface area (TPSA) is 217 Å². The van der Waals surface area contributed by atoms with E-state index in [1.165, 1.54) is 24.3 Å². The lowest BCUT2D eigenvalue weighted by atomic mass is 10.0. The Bertz CT molecular complexity index is 848. The molecule has 0 aliphatic heterocycles. The summed E-state index contributed by atoms with van der Waals surface area (Å²) in [6.07, 6.45) is 4.33. The van der Waals surface area contributed by atoms with Crippen molar-refractivity contribution in [1.29, 1.82) is 0 Å². The molecule has 4 unspecified atom stereocenters. The number of nitrogens with one attached hydrogen (secondary N) is 4. The molecule has 0 saturated carbocycles. The van der Waals surface area contributed by atoms with Crippen molar-refractivity contribution in [2.75, 3.05) is 12.0 Å². The van der Waals surface area contributed by atoms with Gasteiger partial charge < -0.3 is 36.9 Å². The van der Waals surface area contributed by atoms with Crippen LogP contribution in [-0.2, 0) is 30.4 Å². The maximum Gasteiger partial charge on any atom is 0.326 e. The lowest BCUT2D eigenvalue weighted by Crippen LogP contribution is -2.58. The van der Waals surface area contributed by atoms with Crippen LogP contribution in [0.25, 0.3) is 0 Å². The maximum atomic E-state index is 12.9. The molecule has 0 fully saturated rings. The number of nitrogens with zero attached hydrogens (tertiary/aromatic N) is 1. The highest BCUT2D eigenvalue weighted by atomic mass is 32.2. The first kappa shape index (κ1) is 28.9. The van der Waals surface area contributed by atoms with Crippen molar-refractivity contribution in [2.45, 2.75) is 57.3 Å². The minimum Gasteiger partial charge on any atom is -0.481 e. The summed E-state index contributed by atoms with van der Waals surface area (Å²) >= 11 is 1.42. The van der Waals surface area contributed by atoms with Crippen molar-refractivity contribution >= 4 is 41.4 Å². The summed E-state index contributed by atoms with van der Waals surface area (Å²) in [6, 6.07) is -4.88. The SMILES string of the molecule is CSCCC(NC(=O)C(N)Cc1cnc[nH]1)C(=O)NC(CC(=O)O)C(=O)NC(C(=O)O)C(C)C. The van der Waals surface area contributed by atoms with E-state index in [0.717, 1.165) is 0 Å². The Morgan fingerprint density at radius 1 is 1.06 bits per heavy atom. The van der Waals surface area contributed by atoms with Crippen LogP contribution < -0.4 is 21.7 Å². The lowest BCUT2D eigenvalue weighted by molar-refractivity contribution is -0.144. The van der Waals surface area contributed by atoms with E-state index in [0.29, 0.717) is 11.4 Å². The number of carbonyl (C=O) groups is 5. The van der Waals surface area contributed by atoms with E-state index in [2.05, 4.69) is 25.9 Å². The van der Waals surface area contributed by atoms with E-state index in [4.69, 9.17) is 5.73 Å². The second-order valence-corrected chi connectivity index (χ2v) is 8.94. The van der Waals surface area contributed by atoms with Gasteiger partial charge in [-0.15, -0.1) is 0 Å². The van der Waals surface area contributed by atoms with Gasteiger partial charge in [0.05, 0.1) is 18.8 Å². The molecule has 1 aromatic heterocycles. The predicted octanol–water partition coefficient (Wildman–Crippen LogP) is -1.30. The molecule has 1 rings (SSSR count). The summed E-state index contributed by atoms with van der Waals surface area (Å²) < 4.78 is 0. The smallest absolute Gasteiger partial charge is 0.326 e. The third-order valence-electron chi connectivity index (χ3n) is 4.82. The molecule has 0 aromatic carbocycles. The molecule has 0 aliphatic carbocycles. The van der Waals surface area contributed by atoms with E-state index in [9.17, 15) is 34.2 Å². The molecular weight excluding hydrogens is 468 g/mol. The quantitative estimate of drug-likeness (QED) is 0.151. The number of aromatic nitrogens is 2. The second kappa shape index (κ2) is 14.2. The average molecular weight is 501 g/mol. The number of nitrogens with two attached hydrogens (primary N) is 1. The fourth-order valence-corrected chi connectivity index (χ4v) is 3.40. The van der Waals surface area contributed by atoms with Crippen molar-refractivity contribution in [3.05, 3.63) is 18.2 Å². The monoisotopic (exact) mass is 500 g/mol. The number of carboxylic acids is 2. The number of hydrogen-bond donors (Lipinski definition) is 7. The molecule has 3 amide bonds. The normalized spacial score (nSPS) is 14.5. The molecule has 14 heteroatoms. The Balaban J connectivity index is 2.93. The maximum absolute atomic E-state index is 12.9. The number of carboxylic acid groups (broad SMARTS) is 2. The van der Waals surface area contributed by atoms with Crippen LogP contribution in [0.4, 0.5) is 0 Å². The van der Waals surface area contributed by atoms with Crippen molar-refractivity contribution in [3.63, 3.8) is 0 Å². The largest absolute Gasteiger partial charge is 0.481 e. The number of H-pyrrole nitrogens is 1. The predicted molar refractivity (Wildman–Crippen MR) is 124 cm³/mol. The number of carbonyl (C=O) groups excluding carboxylic acids is 3. The van der Waals surface area contributed by atoms with Gasteiger partial charge in [0.2, 0.25) is 17.7 Å². The number of thioether (sulfide) groups is 1. The van der Waals surface area contributed by atoms with E-state index in [1.54, 1.807) is 20.1 Å². The highest BCUT2D eigenvalue weighted by Crippen LogP contribution is 2.06. The Kier molecular flexibility index (Phi) is 12.1. The summed E-state index contributed by atoms with van der Waals surface area (Å²) in [6.45, 7) is 3.15. The number of rotatable bonds is 15. The van der Waals surface area contributed by atoms with E-state index in [1.807, 2.05) is 0 Å². The standard InChI is InChI=1S/C20H32N6O7S/c1-10(2)16(20(32)33)26-19(31)14(7-15(27)28)25-18(30)13(4-5-34-3)24-17(29)12(21)6-11-8-22-9-23-11/h8-10,12-14,16H,4-7,21H2,1-3H3,(H,22,23)(H,24,29)(H,25,30)(H,26,31)(H,27,28)(H,32,33). The Morgan fingerprint density at radius 3 is 2.18 bits per heavy atom. The Morgan fingerprint density at radius 2 is 1.68 bits per heavy atom. The molecule has 4 atom stereocenters. The highest BCUT2D eigenvalue weighted by Gasteiger charge is 2.32. The molecule has 0 bridgehead atoms. The Labute approximate surface area is 201 Å². The number of hydrogen-bond acceptors (Lipinski definition) is 8. The number of imidazole rings is 1. The molecular formula is C20H32N6O7S. The van der Waals surface area contributed by atoms with Gasteiger partial charge in [0.25, 0.3) is 0 Å². The van der Waals surface area contributed by atoms with Gasteiger partial charge in [-0.25, -0.2) is 9.78 Å². The molecule has 13 nitrogen and oxygen atoms in total. The highest BCUT2D eigenvalue weighted by molar-refractivity contribution is 7.98. The first-order chi connectivity index (χ1) is 16.0. The number of aromatic amines is 1. The van der Waals surface area contributed by atoms with Crippen LogP contribution in [0.5, 0.6) is 0 Å². The van der Waals surface area contributed by atoms with Gasteiger partial charge in [0.15, 0.2) is 0 Å². The third-order valence-corrected chi connectivity index (χ3v) is 5.46. The fourth-order valence-electron chi connectivity index (χ4n) is 2.93. The fraction of sp³-hybridized carbons (Fsp3) is 0.600. The van der Waals surface area contributed by atoms with Gasteiger partial charge in [-0.3, -0.25) is 19.2 Å². The van der Waals surface area contributed by atoms with Crippen molar-refractivity contribution < 1.29 is 34.2 Å². The lowest BCUT2D eigenvalue weighted by Gasteiger charge is -2.25. The van der Waals surface area contributed by atoms with Crippen LogP contribution in [0.3, 0.4) is 0 Å². The molecule has 34 heavy (non-hydrogen) atoms. The van der Waals surface area contributed by atoms with Gasteiger partial charge >= 0.3 is 11.9 Å². The van der Waals surface area contributed by atoms with Crippen molar-refractivity contribution in [3.8, 4) is 0 Å². The zero-order valence-corrected chi connectivity index (χ0v) is 20.1. The summed E-state index contributed by atoms with van der Waals surface area (Å²) in [5, 5.41) is 25.6. The summed E-state index contributed by atoms with van der Waals surface area (Å²) in [4.78, 5) is 67.4. The second-order valence-electron chi connectivity index (χ2n) is 7.96. The Hall–Kier alpha value is -3.13. The number of aliphatic carboxylic acids is 2. The molecule has 1 heterocycles. The van der Waals surface area contributed by atoms with Crippen LogP contribution in [-0.4, -0.2) is 86.0 Å². The average Bonchev–Trinajstić information content (AvgIpc) is 3.26. The molecule has 0 saturated heterocycles. The van der Waals surface area contributed by atoms with Gasteiger partial charge in [-0.2, -0.15) is 11.8 Å². The van der Waals surface area contributed by atoms with Crippen LogP contribution in [0.1, 0.15) is 32.4 Å². The van der Waals surface area contributed by atoms with E-state index < -0.39 is 66.2 Å². The van der Waals surface area contributed by atoms with Gasteiger partial charge in [0, 0.05) is 18.3 Å². The van der Waals surface area contributed by atoms with Crippen LogP contribution in [0.15, 0.2) is 12.5 Å². The first-order valence-corrected chi connectivity index (χ1v) is 11.9. The zero-order valence-electron chi connectivity index (χ0n) is 19.2. The minimum atomic E-state index is -1.54. The van der Waals surface area contributed by atoms with Crippen LogP contribution in [0, 0.1) is 5.92 Å². The van der Waals surface area contributed by atoms with Gasteiger partial charge in [-0.05, 0) is 24.3 Å². The van der Waals surface area contributed by atoms with E-state index in [-0.39, 0.29) is 12.8 Å². The molecule has 190 valence electrons. The molecule has 0 aliphatic rings. The number of amides is 3. The molecule has 0 radical (unpaired) electrons.